The standard InChI is InChI=1S/C10H16ClN3/c1-5-7(2)14(4)10-8(3)9(11)12-6-13-10/h6-7H,5H2,1-4H3. The van der Waals surface area contributed by atoms with Crippen molar-refractivity contribution in [3.63, 3.8) is 0 Å². The molecule has 0 aromatic carbocycles. The van der Waals surface area contributed by atoms with E-state index in [4.69, 9.17) is 11.6 Å². The van der Waals surface area contributed by atoms with Crippen molar-refractivity contribution in [3.05, 3.63) is 17.0 Å². The molecule has 0 bridgehead atoms. The van der Waals surface area contributed by atoms with Gasteiger partial charge in [0.2, 0.25) is 0 Å². The van der Waals surface area contributed by atoms with E-state index in [1.54, 1.807) is 0 Å². The fourth-order valence-electron chi connectivity index (χ4n) is 1.26. The molecule has 3 nitrogen and oxygen atoms in total. The Morgan fingerprint density at radius 3 is 2.71 bits per heavy atom. The summed E-state index contributed by atoms with van der Waals surface area (Å²) in [6.45, 7) is 6.26. The first-order chi connectivity index (χ1) is 6.57. The Balaban J connectivity index is 3.01. The number of anilines is 1. The Morgan fingerprint density at radius 2 is 2.14 bits per heavy atom. The van der Waals surface area contributed by atoms with Crippen LogP contribution in [0.4, 0.5) is 5.82 Å². The molecule has 1 heterocycles. The topological polar surface area (TPSA) is 29.0 Å². The number of aromatic nitrogens is 2. The quantitative estimate of drug-likeness (QED) is 0.723. The summed E-state index contributed by atoms with van der Waals surface area (Å²) in [6.07, 6.45) is 2.58. The van der Waals surface area contributed by atoms with Crippen LogP contribution in [0.25, 0.3) is 0 Å². The van der Waals surface area contributed by atoms with Crippen molar-refractivity contribution in [2.75, 3.05) is 11.9 Å². The fraction of sp³-hybridized carbons (Fsp3) is 0.600. The van der Waals surface area contributed by atoms with Crippen LogP contribution in [0.3, 0.4) is 0 Å². The summed E-state index contributed by atoms with van der Waals surface area (Å²) < 4.78 is 0. The second kappa shape index (κ2) is 4.60. The fourth-order valence-corrected chi connectivity index (χ4v) is 1.39. The minimum Gasteiger partial charge on any atom is -0.357 e. The summed E-state index contributed by atoms with van der Waals surface area (Å²) in [4.78, 5) is 10.3. The van der Waals surface area contributed by atoms with Crippen molar-refractivity contribution in [3.8, 4) is 0 Å². The predicted molar refractivity (Wildman–Crippen MR) is 59.9 cm³/mol. The summed E-state index contributed by atoms with van der Waals surface area (Å²) in [5.41, 5.74) is 0.942. The van der Waals surface area contributed by atoms with Gasteiger partial charge in [0, 0.05) is 18.7 Å². The highest BCUT2D eigenvalue weighted by atomic mass is 35.5. The molecular formula is C10H16ClN3. The van der Waals surface area contributed by atoms with Crippen molar-refractivity contribution in [1.82, 2.24) is 9.97 Å². The molecule has 14 heavy (non-hydrogen) atoms. The maximum absolute atomic E-state index is 5.93. The second-order valence-corrected chi connectivity index (χ2v) is 3.84. The molecule has 0 saturated carbocycles. The third-order valence-corrected chi connectivity index (χ3v) is 2.96. The van der Waals surface area contributed by atoms with Crippen molar-refractivity contribution < 1.29 is 0 Å². The van der Waals surface area contributed by atoms with E-state index in [0.717, 1.165) is 17.8 Å². The average Bonchev–Trinajstić information content (AvgIpc) is 2.20. The number of nitrogens with zero attached hydrogens (tertiary/aromatic N) is 3. The lowest BCUT2D eigenvalue weighted by molar-refractivity contribution is 0.654. The highest BCUT2D eigenvalue weighted by Gasteiger charge is 2.13. The largest absolute Gasteiger partial charge is 0.357 e. The summed E-state index contributed by atoms with van der Waals surface area (Å²) in [6, 6.07) is 0.458. The van der Waals surface area contributed by atoms with Crippen LogP contribution in [0.5, 0.6) is 0 Å². The third kappa shape index (κ3) is 2.15. The average molecular weight is 214 g/mol. The van der Waals surface area contributed by atoms with Crippen molar-refractivity contribution in [2.24, 2.45) is 0 Å². The van der Waals surface area contributed by atoms with Gasteiger partial charge >= 0.3 is 0 Å². The zero-order chi connectivity index (χ0) is 10.7. The lowest BCUT2D eigenvalue weighted by atomic mass is 10.2. The van der Waals surface area contributed by atoms with E-state index in [9.17, 15) is 0 Å². The molecular weight excluding hydrogens is 198 g/mol. The van der Waals surface area contributed by atoms with E-state index >= 15 is 0 Å². The summed E-state index contributed by atoms with van der Waals surface area (Å²) >= 11 is 5.93. The first kappa shape index (κ1) is 11.2. The lowest BCUT2D eigenvalue weighted by Gasteiger charge is -2.26. The SMILES string of the molecule is CCC(C)N(C)c1ncnc(Cl)c1C. The van der Waals surface area contributed by atoms with Crippen LogP contribution in [-0.4, -0.2) is 23.1 Å². The molecule has 0 aliphatic heterocycles. The molecule has 0 N–H and O–H groups in total. The van der Waals surface area contributed by atoms with Gasteiger partial charge in [-0.05, 0) is 20.3 Å². The van der Waals surface area contributed by atoms with Gasteiger partial charge in [0.25, 0.3) is 0 Å². The number of rotatable bonds is 3. The summed E-state index contributed by atoms with van der Waals surface area (Å²) in [5.74, 6) is 0.916. The maximum Gasteiger partial charge on any atom is 0.137 e. The Hall–Kier alpha value is -0.830. The molecule has 1 unspecified atom stereocenters. The van der Waals surface area contributed by atoms with Crippen LogP contribution in [0.1, 0.15) is 25.8 Å². The predicted octanol–water partition coefficient (Wildman–Crippen LogP) is 2.67. The first-order valence-electron chi connectivity index (χ1n) is 4.77. The summed E-state index contributed by atoms with van der Waals surface area (Å²) in [5, 5.41) is 0.533. The van der Waals surface area contributed by atoms with Crippen molar-refractivity contribution in [1.29, 1.82) is 0 Å². The molecule has 0 aliphatic rings. The molecule has 0 spiro atoms. The molecule has 1 rings (SSSR count). The molecule has 1 aromatic heterocycles. The van der Waals surface area contributed by atoms with Gasteiger partial charge in [-0.3, -0.25) is 0 Å². The Kier molecular flexibility index (Phi) is 3.69. The molecule has 1 atom stereocenters. The van der Waals surface area contributed by atoms with E-state index in [1.807, 2.05) is 14.0 Å². The molecule has 4 heteroatoms. The van der Waals surface area contributed by atoms with E-state index in [1.165, 1.54) is 6.33 Å². The highest BCUT2D eigenvalue weighted by Crippen LogP contribution is 2.22. The molecule has 0 radical (unpaired) electrons. The van der Waals surface area contributed by atoms with Crippen LogP contribution >= 0.6 is 11.6 Å². The van der Waals surface area contributed by atoms with Gasteiger partial charge < -0.3 is 4.90 Å². The molecule has 0 fully saturated rings. The van der Waals surface area contributed by atoms with Crippen LogP contribution in [0, 0.1) is 6.92 Å². The maximum atomic E-state index is 5.93. The van der Waals surface area contributed by atoms with Gasteiger partial charge in [-0.2, -0.15) is 0 Å². The zero-order valence-electron chi connectivity index (χ0n) is 9.08. The van der Waals surface area contributed by atoms with Crippen molar-refractivity contribution >= 4 is 17.4 Å². The highest BCUT2D eigenvalue weighted by molar-refractivity contribution is 6.30. The van der Waals surface area contributed by atoms with Crippen LogP contribution < -0.4 is 4.90 Å². The Morgan fingerprint density at radius 1 is 1.50 bits per heavy atom. The van der Waals surface area contributed by atoms with Gasteiger partial charge in [0.05, 0.1) is 0 Å². The third-order valence-electron chi connectivity index (χ3n) is 2.58. The van der Waals surface area contributed by atoms with E-state index in [2.05, 4.69) is 28.7 Å². The van der Waals surface area contributed by atoms with Gasteiger partial charge in [-0.15, -0.1) is 0 Å². The van der Waals surface area contributed by atoms with Gasteiger partial charge in [-0.25, -0.2) is 9.97 Å². The Bertz CT molecular complexity index is 314. The zero-order valence-corrected chi connectivity index (χ0v) is 9.84. The van der Waals surface area contributed by atoms with Gasteiger partial charge in [0.15, 0.2) is 0 Å². The molecule has 0 saturated heterocycles. The van der Waals surface area contributed by atoms with Crippen molar-refractivity contribution in [2.45, 2.75) is 33.2 Å². The molecule has 0 amide bonds. The first-order valence-corrected chi connectivity index (χ1v) is 5.15. The molecule has 78 valence electrons. The van der Waals surface area contributed by atoms with E-state index in [0.29, 0.717) is 11.2 Å². The van der Waals surface area contributed by atoms with Gasteiger partial charge in [-0.1, -0.05) is 18.5 Å². The summed E-state index contributed by atoms with van der Waals surface area (Å²) in [7, 11) is 2.03. The van der Waals surface area contributed by atoms with E-state index < -0.39 is 0 Å². The molecule has 0 aliphatic carbocycles. The minimum atomic E-state index is 0.458. The van der Waals surface area contributed by atoms with Crippen LogP contribution in [0.2, 0.25) is 5.15 Å². The number of hydrogen-bond donors (Lipinski definition) is 0. The lowest BCUT2D eigenvalue weighted by Crippen LogP contribution is -2.29. The van der Waals surface area contributed by atoms with Crippen LogP contribution in [-0.2, 0) is 0 Å². The van der Waals surface area contributed by atoms with Gasteiger partial charge in [0.1, 0.15) is 17.3 Å². The Labute approximate surface area is 90.1 Å². The van der Waals surface area contributed by atoms with E-state index in [-0.39, 0.29) is 0 Å². The van der Waals surface area contributed by atoms with Crippen LogP contribution in [0.15, 0.2) is 6.33 Å². The number of halogens is 1. The second-order valence-electron chi connectivity index (χ2n) is 3.48. The molecule has 1 aromatic rings. The monoisotopic (exact) mass is 213 g/mol. The normalized spacial score (nSPS) is 12.6. The minimum absolute atomic E-state index is 0.458. The smallest absolute Gasteiger partial charge is 0.137 e. The number of hydrogen-bond acceptors (Lipinski definition) is 3.